The molecule has 0 aliphatic heterocycles. The maximum atomic E-state index is 13.4. The Balaban J connectivity index is 2.91. The SMILES string of the molecule is CCNCC(CC)(CC)Cc1cc(F)ccc1C. The van der Waals surface area contributed by atoms with Gasteiger partial charge in [-0.05, 0) is 61.4 Å². The third-order valence-corrected chi connectivity index (χ3v) is 4.13. The maximum Gasteiger partial charge on any atom is 0.123 e. The Morgan fingerprint density at radius 2 is 1.83 bits per heavy atom. The van der Waals surface area contributed by atoms with Crippen LogP contribution < -0.4 is 5.32 Å². The van der Waals surface area contributed by atoms with Gasteiger partial charge in [0.05, 0.1) is 0 Å². The second kappa shape index (κ2) is 6.89. The van der Waals surface area contributed by atoms with Crippen LogP contribution in [0.15, 0.2) is 18.2 Å². The molecule has 1 N–H and O–H groups in total. The molecule has 0 saturated carbocycles. The van der Waals surface area contributed by atoms with Crippen molar-refractivity contribution in [2.45, 2.75) is 47.0 Å². The van der Waals surface area contributed by atoms with Crippen molar-refractivity contribution in [3.05, 3.63) is 35.1 Å². The van der Waals surface area contributed by atoms with E-state index in [2.05, 4.69) is 33.0 Å². The lowest BCUT2D eigenvalue weighted by Gasteiger charge is -2.33. The van der Waals surface area contributed by atoms with Gasteiger partial charge in [-0.2, -0.15) is 0 Å². The molecule has 0 heterocycles. The van der Waals surface area contributed by atoms with Crippen molar-refractivity contribution < 1.29 is 4.39 Å². The Morgan fingerprint density at radius 1 is 1.17 bits per heavy atom. The lowest BCUT2D eigenvalue weighted by Crippen LogP contribution is -2.35. The van der Waals surface area contributed by atoms with E-state index in [0.717, 1.165) is 37.9 Å². The molecule has 1 aromatic rings. The second-order valence-corrected chi connectivity index (χ2v) is 5.24. The fraction of sp³-hybridized carbons (Fsp3) is 0.625. The molecular weight excluding hydrogens is 225 g/mol. The molecule has 0 aliphatic rings. The van der Waals surface area contributed by atoms with Crippen LogP contribution in [-0.4, -0.2) is 13.1 Å². The fourth-order valence-corrected chi connectivity index (χ4v) is 2.44. The van der Waals surface area contributed by atoms with E-state index in [9.17, 15) is 4.39 Å². The molecule has 0 atom stereocenters. The van der Waals surface area contributed by atoms with Gasteiger partial charge >= 0.3 is 0 Å². The van der Waals surface area contributed by atoms with Gasteiger partial charge < -0.3 is 5.32 Å². The first-order valence-electron chi connectivity index (χ1n) is 7.02. The molecule has 1 nitrogen and oxygen atoms in total. The average Bonchev–Trinajstić information content (AvgIpc) is 2.39. The van der Waals surface area contributed by atoms with Crippen molar-refractivity contribution in [1.82, 2.24) is 5.32 Å². The van der Waals surface area contributed by atoms with Crippen molar-refractivity contribution in [3.63, 3.8) is 0 Å². The molecular formula is C16H26FN. The highest BCUT2D eigenvalue weighted by Crippen LogP contribution is 2.31. The second-order valence-electron chi connectivity index (χ2n) is 5.24. The molecule has 0 amide bonds. The molecule has 0 bridgehead atoms. The molecule has 1 rings (SSSR count). The summed E-state index contributed by atoms with van der Waals surface area (Å²) in [6, 6.07) is 5.12. The van der Waals surface area contributed by atoms with E-state index >= 15 is 0 Å². The largest absolute Gasteiger partial charge is 0.316 e. The zero-order valence-corrected chi connectivity index (χ0v) is 12.1. The molecule has 0 fully saturated rings. The number of benzene rings is 1. The molecule has 2 heteroatoms. The van der Waals surface area contributed by atoms with Crippen molar-refractivity contribution in [2.24, 2.45) is 5.41 Å². The van der Waals surface area contributed by atoms with Crippen LogP contribution in [0.3, 0.4) is 0 Å². The molecule has 102 valence electrons. The number of halogens is 1. The van der Waals surface area contributed by atoms with E-state index in [1.165, 1.54) is 5.56 Å². The summed E-state index contributed by atoms with van der Waals surface area (Å²) in [5.41, 5.74) is 2.59. The molecule has 18 heavy (non-hydrogen) atoms. The lowest BCUT2D eigenvalue weighted by molar-refractivity contribution is 0.248. The highest BCUT2D eigenvalue weighted by Gasteiger charge is 2.26. The van der Waals surface area contributed by atoms with Crippen molar-refractivity contribution in [1.29, 1.82) is 0 Å². The van der Waals surface area contributed by atoms with Gasteiger partial charge in [0.15, 0.2) is 0 Å². The van der Waals surface area contributed by atoms with Crippen molar-refractivity contribution in [3.8, 4) is 0 Å². The first kappa shape index (κ1) is 15.2. The van der Waals surface area contributed by atoms with Gasteiger partial charge in [0.1, 0.15) is 5.82 Å². The smallest absolute Gasteiger partial charge is 0.123 e. The van der Waals surface area contributed by atoms with Gasteiger partial charge in [-0.15, -0.1) is 0 Å². The minimum atomic E-state index is -0.125. The lowest BCUT2D eigenvalue weighted by atomic mass is 9.76. The van der Waals surface area contributed by atoms with Gasteiger partial charge in [-0.3, -0.25) is 0 Å². The van der Waals surface area contributed by atoms with E-state index in [-0.39, 0.29) is 11.2 Å². The summed E-state index contributed by atoms with van der Waals surface area (Å²) in [5.74, 6) is -0.125. The highest BCUT2D eigenvalue weighted by molar-refractivity contribution is 5.27. The highest BCUT2D eigenvalue weighted by atomic mass is 19.1. The number of nitrogens with one attached hydrogen (secondary N) is 1. The Morgan fingerprint density at radius 3 is 2.39 bits per heavy atom. The fourth-order valence-electron chi connectivity index (χ4n) is 2.44. The molecule has 0 aliphatic carbocycles. The summed E-state index contributed by atoms with van der Waals surface area (Å²) in [7, 11) is 0. The normalized spacial score (nSPS) is 11.8. The third kappa shape index (κ3) is 3.81. The van der Waals surface area contributed by atoms with Crippen LogP contribution in [0.1, 0.15) is 44.7 Å². The molecule has 0 aromatic heterocycles. The number of hydrogen-bond acceptors (Lipinski definition) is 1. The van der Waals surface area contributed by atoms with Crippen LogP contribution >= 0.6 is 0 Å². The molecule has 0 spiro atoms. The summed E-state index contributed by atoms with van der Waals surface area (Å²) in [4.78, 5) is 0. The van der Waals surface area contributed by atoms with Crippen LogP contribution in [0, 0.1) is 18.2 Å². The Kier molecular flexibility index (Phi) is 5.80. The summed E-state index contributed by atoms with van der Waals surface area (Å²) in [6.45, 7) is 10.7. The Bertz CT molecular complexity index is 369. The first-order chi connectivity index (χ1) is 8.56. The quantitative estimate of drug-likeness (QED) is 0.769. The van der Waals surface area contributed by atoms with E-state index in [1.807, 2.05) is 6.07 Å². The van der Waals surface area contributed by atoms with Crippen LogP contribution in [0.5, 0.6) is 0 Å². The predicted molar refractivity (Wildman–Crippen MR) is 76.4 cm³/mol. The van der Waals surface area contributed by atoms with Crippen LogP contribution in [-0.2, 0) is 6.42 Å². The van der Waals surface area contributed by atoms with Crippen LogP contribution in [0.2, 0.25) is 0 Å². The molecule has 1 aromatic carbocycles. The van der Waals surface area contributed by atoms with Gasteiger partial charge in [0, 0.05) is 6.54 Å². The summed E-state index contributed by atoms with van der Waals surface area (Å²) in [5, 5.41) is 3.45. The van der Waals surface area contributed by atoms with E-state index < -0.39 is 0 Å². The first-order valence-corrected chi connectivity index (χ1v) is 7.02. The standard InChI is InChI=1S/C16H26FN/c1-5-16(6-2,12-18-7-3)11-14-10-15(17)9-8-13(14)4/h8-10,18H,5-7,11-12H2,1-4H3. The van der Waals surface area contributed by atoms with Crippen molar-refractivity contribution in [2.75, 3.05) is 13.1 Å². The van der Waals surface area contributed by atoms with Gasteiger partial charge in [-0.25, -0.2) is 4.39 Å². The van der Waals surface area contributed by atoms with Crippen LogP contribution in [0.4, 0.5) is 4.39 Å². The van der Waals surface area contributed by atoms with E-state index in [1.54, 1.807) is 12.1 Å². The summed E-state index contributed by atoms with van der Waals surface area (Å²) < 4.78 is 13.4. The zero-order valence-electron chi connectivity index (χ0n) is 12.1. The maximum absolute atomic E-state index is 13.4. The Labute approximate surface area is 111 Å². The van der Waals surface area contributed by atoms with Crippen LogP contribution in [0.25, 0.3) is 0 Å². The third-order valence-electron chi connectivity index (χ3n) is 4.13. The molecule has 0 saturated heterocycles. The van der Waals surface area contributed by atoms with Gasteiger partial charge in [0.2, 0.25) is 0 Å². The predicted octanol–water partition coefficient (Wildman–Crippen LogP) is 4.09. The number of rotatable bonds is 7. The minimum Gasteiger partial charge on any atom is -0.316 e. The number of aryl methyl sites for hydroxylation is 1. The molecule has 0 radical (unpaired) electrons. The number of hydrogen-bond donors (Lipinski definition) is 1. The van der Waals surface area contributed by atoms with Gasteiger partial charge in [0.25, 0.3) is 0 Å². The average molecular weight is 251 g/mol. The van der Waals surface area contributed by atoms with Gasteiger partial charge in [-0.1, -0.05) is 26.8 Å². The monoisotopic (exact) mass is 251 g/mol. The van der Waals surface area contributed by atoms with E-state index in [0.29, 0.717) is 0 Å². The minimum absolute atomic E-state index is 0.125. The van der Waals surface area contributed by atoms with E-state index in [4.69, 9.17) is 0 Å². The summed E-state index contributed by atoms with van der Waals surface area (Å²) >= 11 is 0. The Hall–Kier alpha value is -0.890. The van der Waals surface area contributed by atoms with Crippen molar-refractivity contribution >= 4 is 0 Å². The molecule has 0 unspecified atom stereocenters. The topological polar surface area (TPSA) is 12.0 Å². The summed E-state index contributed by atoms with van der Waals surface area (Å²) in [6.07, 6.45) is 3.19. The zero-order chi connectivity index (χ0) is 13.6.